The van der Waals surface area contributed by atoms with Gasteiger partial charge in [0, 0.05) is 29.5 Å². The number of ether oxygens (including phenoxy) is 1. The molecule has 2 saturated carbocycles. The smallest absolute Gasteiger partial charge is 0.406 e. The fourth-order valence-electron chi connectivity index (χ4n) is 8.67. The van der Waals surface area contributed by atoms with Crippen LogP contribution in [-0.4, -0.2) is 57.6 Å². The van der Waals surface area contributed by atoms with Crippen molar-refractivity contribution < 1.29 is 37.7 Å². The molecule has 51 heavy (non-hydrogen) atoms. The molecule has 2 aromatic rings. The average Bonchev–Trinajstić information content (AvgIpc) is 3.32. The van der Waals surface area contributed by atoms with Crippen molar-refractivity contribution in [1.29, 1.82) is 0 Å². The summed E-state index contributed by atoms with van der Waals surface area (Å²) in [6, 6.07) is 10.9. The minimum Gasteiger partial charge on any atom is -0.406 e. The number of rotatable bonds is 8. The van der Waals surface area contributed by atoms with E-state index in [4.69, 9.17) is 0 Å². The van der Waals surface area contributed by atoms with E-state index < -0.39 is 23.5 Å². The average molecular weight is 713 g/mol. The molecule has 2 aromatic carbocycles. The number of allylic oxidation sites excluding steroid dienone is 2. The Labute approximate surface area is 300 Å². The summed E-state index contributed by atoms with van der Waals surface area (Å²) in [5.74, 6) is -0.416. The molecule has 10 heteroatoms. The van der Waals surface area contributed by atoms with E-state index in [1.165, 1.54) is 29.8 Å². The summed E-state index contributed by atoms with van der Waals surface area (Å²) in [6.07, 6.45) is 5.91. The molecule has 3 N–H and O–H groups in total. The zero-order chi connectivity index (χ0) is 37.0. The second-order valence-electron chi connectivity index (χ2n) is 15.8. The molecule has 6 rings (SSSR count). The molecule has 0 heterocycles. The number of aliphatic hydroxyl groups excluding tert-OH is 1. The standard InChI is InChI=1S/C41H55F3N2O5/c1-27(2)45-38(49)46(25-29-13-17-33(18-14-29)51-41(42,43)44)26-40(50)22-20-36-34-19-15-30(24-35(34)37(48)31-10-6-5-7-11-31)23-32(47)16-12-28(3)9-8-21-39(36,40)4/h9,13-15,17-19,24,27,31-32,36,47,50H,5-8,10-12,16,20-23,25-26H2,1-4H3,(H,45,49)/t32-,36-,39-,40+/m0/s1. The number of hydrogen-bond donors (Lipinski definition) is 3. The fourth-order valence-corrected chi connectivity index (χ4v) is 8.67. The van der Waals surface area contributed by atoms with E-state index in [2.05, 4.69) is 30.0 Å². The Balaban J connectivity index is 1.53. The maximum Gasteiger partial charge on any atom is 0.573 e. The molecule has 7 nitrogen and oxygen atoms in total. The number of amides is 2. The summed E-state index contributed by atoms with van der Waals surface area (Å²) in [5.41, 5.74) is 2.24. The predicted octanol–water partition coefficient (Wildman–Crippen LogP) is 9.01. The number of aliphatic hydroxyl groups is 2. The molecule has 2 bridgehead atoms. The molecule has 0 saturated heterocycles. The van der Waals surface area contributed by atoms with Crippen molar-refractivity contribution in [2.75, 3.05) is 6.54 Å². The van der Waals surface area contributed by atoms with Crippen LogP contribution in [0.2, 0.25) is 0 Å². The largest absolute Gasteiger partial charge is 0.573 e. The summed E-state index contributed by atoms with van der Waals surface area (Å²) in [4.78, 5) is 29.6. The topological polar surface area (TPSA) is 99.1 Å². The van der Waals surface area contributed by atoms with Gasteiger partial charge in [-0.2, -0.15) is 0 Å². The quantitative estimate of drug-likeness (QED) is 0.188. The molecule has 280 valence electrons. The van der Waals surface area contributed by atoms with Crippen molar-refractivity contribution in [1.82, 2.24) is 10.2 Å². The first-order chi connectivity index (χ1) is 24.1. The van der Waals surface area contributed by atoms with Gasteiger partial charge in [0.05, 0.1) is 18.2 Å². The number of hydrogen-bond acceptors (Lipinski definition) is 5. The molecular formula is C41H55F3N2O5. The minimum absolute atomic E-state index is 0.00175. The predicted molar refractivity (Wildman–Crippen MR) is 192 cm³/mol. The van der Waals surface area contributed by atoms with E-state index in [0.29, 0.717) is 49.7 Å². The summed E-state index contributed by atoms with van der Waals surface area (Å²) in [6.45, 7) is 7.92. The van der Waals surface area contributed by atoms with E-state index in [0.717, 1.165) is 49.7 Å². The van der Waals surface area contributed by atoms with Gasteiger partial charge in [-0.25, -0.2) is 4.79 Å². The SMILES string of the molecule is CC1=CCC[C@@]2(C)[C@@H](CC[C@@]2(O)CN(Cc2ccc(OC(F)(F)F)cc2)C(=O)NC(C)C)c2ccc(cc2C(=O)C2CCCCC2)C[C@@H](O)CC1. The lowest BCUT2D eigenvalue weighted by Crippen LogP contribution is -2.55. The van der Waals surface area contributed by atoms with Crippen LogP contribution in [0.15, 0.2) is 54.1 Å². The number of nitrogens with zero attached hydrogens (tertiary/aromatic N) is 1. The normalized spacial score (nSPS) is 26.3. The van der Waals surface area contributed by atoms with Gasteiger partial charge < -0.3 is 25.2 Å². The first kappa shape index (κ1) is 38.9. The second kappa shape index (κ2) is 16.1. The first-order valence-corrected chi connectivity index (χ1v) is 18.7. The van der Waals surface area contributed by atoms with Gasteiger partial charge in [-0.1, -0.05) is 62.1 Å². The highest BCUT2D eigenvalue weighted by molar-refractivity contribution is 5.99. The number of carbonyl (C=O) groups is 2. The third-order valence-corrected chi connectivity index (χ3v) is 11.6. The van der Waals surface area contributed by atoms with E-state index >= 15 is 0 Å². The van der Waals surface area contributed by atoms with Crippen LogP contribution >= 0.6 is 0 Å². The molecule has 4 aliphatic rings. The lowest BCUT2D eigenvalue weighted by molar-refractivity contribution is -0.274. The molecule has 2 amide bonds. The molecule has 0 aliphatic heterocycles. The van der Waals surface area contributed by atoms with Gasteiger partial charge in [0.25, 0.3) is 0 Å². The number of halogens is 3. The van der Waals surface area contributed by atoms with E-state index in [1.807, 2.05) is 32.0 Å². The molecule has 0 unspecified atom stereocenters. The number of nitrogens with one attached hydrogen (secondary N) is 1. The van der Waals surface area contributed by atoms with Gasteiger partial charge in [-0.3, -0.25) is 4.79 Å². The summed E-state index contributed by atoms with van der Waals surface area (Å²) < 4.78 is 42.5. The molecule has 4 atom stereocenters. The Morgan fingerprint density at radius 3 is 2.39 bits per heavy atom. The van der Waals surface area contributed by atoms with E-state index in [9.17, 15) is 33.0 Å². The van der Waals surface area contributed by atoms with Crippen molar-refractivity contribution in [3.8, 4) is 5.75 Å². The number of carbonyl (C=O) groups excluding carboxylic acids is 2. The van der Waals surface area contributed by atoms with Gasteiger partial charge in [0.15, 0.2) is 5.78 Å². The van der Waals surface area contributed by atoms with Gasteiger partial charge in [0.2, 0.25) is 0 Å². The number of Topliss-reactive ketones (excluding diaryl/α,β-unsaturated/α-hetero) is 1. The molecule has 0 aromatic heterocycles. The monoisotopic (exact) mass is 712 g/mol. The van der Waals surface area contributed by atoms with Crippen molar-refractivity contribution in [2.45, 2.75) is 141 Å². The van der Waals surface area contributed by atoms with Crippen LogP contribution < -0.4 is 10.1 Å². The number of benzene rings is 2. The minimum atomic E-state index is -4.81. The molecular weight excluding hydrogens is 657 g/mol. The number of urea groups is 1. The zero-order valence-corrected chi connectivity index (χ0v) is 30.5. The highest BCUT2D eigenvalue weighted by Gasteiger charge is 2.57. The van der Waals surface area contributed by atoms with Crippen LogP contribution in [0.25, 0.3) is 0 Å². The lowest BCUT2D eigenvalue weighted by Gasteiger charge is -2.46. The molecule has 2 fully saturated rings. The number of ketones is 1. The number of alkyl halides is 3. The van der Waals surface area contributed by atoms with Crippen LogP contribution in [0.3, 0.4) is 0 Å². The van der Waals surface area contributed by atoms with Gasteiger partial charge in [0.1, 0.15) is 5.75 Å². The summed E-state index contributed by atoms with van der Waals surface area (Å²) in [7, 11) is 0. The Morgan fingerprint density at radius 1 is 1.02 bits per heavy atom. The lowest BCUT2D eigenvalue weighted by atomic mass is 9.64. The Kier molecular flexibility index (Phi) is 12.3. The zero-order valence-electron chi connectivity index (χ0n) is 30.5. The highest BCUT2D eigenvalue weighted by Crippen LogP contribution is 2.59. The Hall–Kier alpha value is -3.37. The summed E-state index contributed by atoms with van der Waals surface area (Å²) in [5, 5.41) is 26.7. The van der Waals surface area contributed by atoms with E-state index in [-0.39, 0.29) is 48.5 Å². The Bertz CT molecular complexity index is 1550. The van der Waals surface area contributed by atoms with Crippen molar-refractivity contribution in [2.24, 2.45) is 11.3 Å². The molecule has 0 radical (unpaired) electrons. The molecule has 4 aliphatic carbocycles. The van der Waals surface area contributed by atoms with Gasteiger partial charge in [-0.05, 0) is 119 Å². The second-order valence-corrected chi connectivity index (χ2v) is 15.8. The first-order valence-electron chi connectivity index (χ1n) is 18.7. The van der Waals surface area contributed by atoms with Crippen LogP contribution in [-0.2, 0) is 13.0 Å². The third-order valence-electron chi connectivity index (χ3n) is 11.6. The highest BCUT2D eigenvalue weighted by atomic mass is 19.4. The summed E-state index contributed by atoms with van der Waals surface area (Å²) >= 11 is 0. The third kappa shape index (κ3) is 9.55. The van der Waals surface area contributed by atoms with Crippen LogP contribution in [0.1, 0.15) is 131 Å². The van der Waals surface area contributed by atoms with Gasteiger partial charge in [-0.15, -0.1) is 13.2 Å². The van der Waals surface area contributed by atoms with Crippen molar-refractivity contribution in [3.63, 3.8) is 0 Å². The number of fused-ring (bicyclic) bond motifs is 8. The fraction of sp³-hybridized carbons (Fsp3) is 0.610. The van der Waals surface area contributed by atoms with Crippen LogP contribution in [0.5, 0.6) is 5.75 Å². The van der Waals surface area contributed by atoms with Crippen LogP contribution in [0.4, 0.5) is 18.0 Å². The molecule has 0 spiro atoms. The van der Waals surface area contributed by atoms with Gasteiger partial charge >= 0.3 is 12.4 Å². The maximum atomic E-state index is 14.3. The van der Waals surface area contributed by atoms with Crippen molar-refractivity contribution >= 4 is 11.8 Å². The maximum absolute atomic E-state index is 14.3. The van der Waals surface area contributed by atoms with Crippen LogP contribution in [0, 0.1) is 11.3 Å². The van der Waals surface area contributed by atoms with E-state index in [1.54, 1.807) is 4.90 Å². The van der Waals surface area contributed by atoms with Crippen molar-refractivity contribution in [3.05, 3.63) is 76.4 Å². The Morgan fingerprint density at radius 2 is 1.73 bits per heavy atom.